The van der Waals surface area contributed by atoms with E-state index in [0.717, 1.165) is 10.0 Å². The smallest absolute Gasteiger partial charge is 0.256 e. The minimum absolute atomic E-state index is 0.316. The fourth-order valence-corrected chi connectivity index (χ4v) is 3.80. The summed E-state index contributed by atoms with van der Waals surface area (Å²) in [6.07, 6.45) is 3.38. The maximum absolute atomic E-state index is 13.4. The summed E-state index contributed by atoms with van der Waals surface area (Å²) in [7, 11) is 3.02. The molecular weight excluding hydrogens is 482 g/mol. The number of methoxy groups -OCH3 is 2. The van der Waals surface area contributed by atoms with Crippen LogP contribution in [-0.2, 0) is 0 Å². The van der Waals surface area contributed by atoms with Crippen molar-refractivity contribution in [3.8, 4) is 22.8 Å². The van der Waals surface area contributed by atoms with Gasteiger partial charge in [0, 0.05) is 39.9 Å². The molecule has 0 bridgehead atoms. The van der Waals surface area contributed by atoms with Crippen molar-refractivity contribution in [1.82, 2.24) is 9.97 Å². The molecule has 0 saturated carbocycles. The molecule has 0 aliphatic carbocycles. The van der Waals surface area contributed by atoms with E-state index in [0.29, 0.717) is 44.4 Å². The fraction of sp³-hybridized carbons (Fsp3) is 0.0870. The molecule has 0 aliphatic rings. The minimum Gasteiger partial charge on any atom is -0.495 e. The molecular formula is C23H17BrClN3O3. The Bertz CT molecular complexity index is 1280. The number of benzene rings is 2. The normalized spacial score (nSPS) is 10.7. The number of nitrogens with one attached hydrogen (secondary N) is 1. The fourth-order valence-electron chi connectivity index (χ4n) is 3.20. The maximum Gasteiger partial charge on any atom is 0.256 e. The average molecular weight is 499 g/mol. The van der Waals surface area contributed by atoms with Gasteiger partial charge in [-0.1, -0.05) is 27.5 Å². The van der Waals surface area contributed by atoms with Crippen LogP contribution >= 0.6 is 27.5 Å². The molecule has 2 aromatic heterocycles. The number of fused-ring (bicyclic) bond motifs is 1. The summed E-state index contributed by atoms with van der Waals surface area (Å²) < 4.78 is 11.5. The van der Waals surface area contributed by atoms with Crippen LogP contribution in [0.15, 0.2) is 65.4 Å². The highest BCUT2D eigenvalue weighted by atomic mass is 79.9. The first-order valence-electron chi connectivity index (χ1n) is 9.23. The summed E-state index contributed by atoms with van der Waals surface area (Å²) >= 11 is 9.66. The van der Waals surface area contributed by atoms with Crippen molar-refractivity contribution < 1.29 is 14.3 Å². The second-order valence-electron chi connectivity index (χ2n) is 6.59. The monoisotopic (exact) mass is 497 g/mol. The molecule has 0 fully saturated rings. The van der Waals surface area contributed by atoms with E-state index < -0.39 is 0 Å². The first kappa shape index (κ1) is 21.1. The molecule has 6 nitrogen and oxygen atoms in total. The van der Waals surface area contributed by atoms with Crippen molar-refractivity contribution in [3.05, 3.63) is 76.0 Å². The van der Waals surface area contributed by atoms with E-state index in [1.165, 1.54) is 14.2 Å². The molecule has 156 valence electrons. The SMILES string of the molecule is COc1cc(NC(=O)c2cc(-c3ccncc3)nc3ccc(Br)cc23)c(OC)cc1Cl. The number of hydrogen-bond donors (Lipinski definition) is 1. The molecule has 31 heavy (non-hydrogen) atoms. The Kier molecular flexibility index (Phi) is 6.06. The third-order valence-corrected chi connectivity index (χ3v) is 5.50. The molecule has 2 heterocycles. The lowest BCUT2D eigenvalue weighted by molar-refractivity contribution is 0.102. The Morgan fingerprint density at radius 3 is 2.45 bits per heavy atom. The van der Waals surface area contributed by atoms with Crippen LogP contribution in [0.5, 0.6) is 11.5 Å². The van der Waals surface area contributed by atoms with E-state index in [1.807, 2.05) is 30.3 Å². The average Bonchev–Trinajstić information content (AvgIpc) is 2.79. The Hall–Kier alpha value is -3.16. The van der Waals surface area contributed by atoms with Crippen LogP contribution in [0, 0.1) is 0 Å². The minimum atomic E-state index is -0.316. The van der Waals surface area contributed by atoms with E-state index in [2.05, 4.69) is 26.2 Å². The lowest BCUT2D eigenvalue weighted by Crippen LogP contribution is -2.14. The maximum atomic E-state index is 13.4. The predicted molar refractivity (Wildman–Crippen MR) is 125 cm³/mol. The molecule has 0 unspecified atom stereocenters. The number of carbonyl (C=O) groups is 1. The Balaban J connectivity index is 1.83. The van der Waals surface area contributed by atoms with E-state index in [-0.39, 0.29) is 5.91 Å². The number of pyridine rings is 2. The van der Waals surface area contributed by atoms with Crippen molar-refractivity contribution in [2.75, 3.05) is 19.5 Å². The highest BCUT2D eigenvalue weighted by Gasteiger charge is 2.18. The van der Waals surface area contributed by atoms with Gasteiger partial charge < -0.3 is 14.8 Å². The van der Waals surface area contributed by atoms with Gasteiger partial charge in [0.2, 0.25) is 0 Å². The number of anilines is 1. The molecule has 0 atom stereocenters. The summed E-state index contributed by atoms with van der Waals surface area (Å²) in [5.74, 6) is 0.536. The highest BCUT2D eigenvalue weighted by molar-refractivity contribution is 9.10. The van der Waals surface area contributed by atoms with Gasteiger partial charge in [-0.05, 0) is 36.4 Å². The Morgan fingerprint density at radius 1 is 1.00 bits per heavy atom. The van der Waals surface area contributed by atoms with E-state index in [1.54, 1.807) is 30.6 Å². The Morgan fingerprint density at radius 2 is 1.74 bits per heavy atom. The van der Waals surface area contributed by atoms with E-state index >= 15 is 0 Å². The van der Waals surface area contributed by atoms with Crippen molar-refractivity contribution >= 4 is 50.0 Å². The topological polar surface area (TPSA) is 73.3 Å². The quantitative estimate of drug-likeness (QED) is 0.366. The zero-order valence-electron chi connectivity index (χ0n) is 16.6. The van der Waals surface area contributed by atoms with Gasteiger partial charge in [-0.3, -0.25) is 9.78 Å². The standard InChI is InChI=1S/C23H17BrClN3O3/c1-30-21-12-20(22(31-2)11-17(21)25)28-23(29)16-10-19(13-5-7-26-8-6-13)27-18-4-3-14(24)9-15(16)18/h3-12H,1-2H3,(H,28,29). The molecule has 0 radical (unpaired) electrons. The van der Waals surface area contributed by atoms with Gasteiger partial charge in [0.25, 0.3) is 5.91 Å². The number of halogens is 2. The van der Waals surface area contributed by atoms with Crippen molar-refractivity contribution in [1.29, 1.82) is 0 Å². The first-order chi connectivity index (χ1) is 15.0. The zero-order chi connectivity index (χ0) is 22.0. The molecule has 4 rings (SSSR count). The predicted octanol–water partition coefficient (Wildman–Crippen LogP) is 5.98. The van der Waals surface area contributed by atoms with Crippen molar-refractivity contribution in [3.63, 3.8) is 0 Å². The van der Waals surface area contributed by atoms with Gasteiger partial charge in [-0.25, -0.2) is 4.98 Å². The number of aromatic nitrogens is 2. The number of hydrogen-bond acceptors (Lipinski definition) is 5. The molecule has 0 aliphatic heterocycles. The summed E-state index contributed by atoms with van der Waals surface area (Å²) in [6, 6.07) is 14.3. The molecule has 1 N–H and O–H groups in total. The van der Waals surface area contributed by atoms with Gasteiger partial charge in [0.15, 0.2) is 0 Å². The van der Waals surface area contributed by atoms with Gasteiger partial charge in [0.1, 0.15) is 11.5 Å². The number of carbonyl (C=O) groups excluding carboxylic acids is 1. The lowest BCUT2D eigenvalue weighted by atomic mass is 10.0. The van der Waals surface area contributed by atoms with Crippen LogP contribution in [0.2, 0.25) is 5.02 Å². The van der Waals surface area contributed by atoms with Gasteiger partial charge in [0.05, 0.1) is 41.7 Å². The summed E-state index contributed by atoms with van der Waals surface area (Å²) in [5.41, 5.74) is 3.14. The molecule has 4 aromatic rings. The number of rotatable bonds is 5. The molecule has 0 saturated heterocycles. The molecule has 2 aromatic carbocycles. The van der Waals surface area contributed by atoms with E-state index in [4.69, 9.17) is 26.1 Å². The number of nitrogens with zero attached hydrogens (tertiary/aromatic N) is 2. The van der Waals surface area contributed by atoms with Crippen molar-refractivity contribution in [2.24, 2.45) is 0 Å². The van der Waals surface area contributed by atoms with Crippen LogP contribution in [0.3, 0.4) is 0 Å². The van der Waals surface area contributed by atoms with Crippen LogP contribution in [-0.4, -0.2) is 30.1 Å². The van der Waals surface area contributed by atoms with Crippen LogP contribution in [0.4, 0.5) is 5.69 Å². The van der Waals surface area contributed by atoms with Crippen LogP contribution < -0.4 is 14.8 Å². The van der Waals surface area contributed by atoms with Crippen molar-refractivity contribution in [2.45, 2.75) is 0 Å². The summed E-state index contributed by atoms with van der Waals surface area (Å²) in [4.78, 5) is 22.1. The van der Waals surface area contributed by atoms with Gasteiger partial charge >= 0.3 is 0 Å². The molecule has 8 heteroatoms. The van der Waals surface area contributed by atoms with Gasteiger partial charge in [-0.2, -0.15) is 0 Å². The first-order valence-corrected chi connectivity index (χ1v) is 10.4. The number of ether oxygens (including phenoxy) is 2. The van der Waals surface area contributed by atoms with E-state index in [9.17, 15) is 4.79 Å². The number of amides is 1. The third kappa shape index (κ3) is 4.33. The highest BCUT2D eigenvalue weighted by Crippen LogP contribution is 2.36. The second-order valence-corrected chi connectivity index (χ2v) is 7.92. The summed E-state index contributed by atoms with van der Waals surface area (Å²) in [5, 5.41) is 4.01. The second kappa shape index (κ2) is 8.91. The van der Waals surface area contributed by atoms with Crippen LogP contribution in [0.25, 0.3) is 22.2 Å². The largest absolute Gasteiger partial charge is 0.495 e. The molecule has 1 amide bonds. The lowest BCUT2D eigenvalue weighted by Gasteiger charge is -2.15. The summed E-state index contributed by atoms with van der Waals surface area (Å²) in [6.45, 7) is 0. The molecule has 0 spiro atoms. The van der Waals surface area contributed by atoms with Gasteiger partial charge in [-0.15, -0.1) is 0 Å². The zero-order valence-corrected chi connectivity index (χ0v) is 19.0. The third-order valence-electron chi connectivity index (χ3n) is 4.71. The Labute approximate surface area is 192 Å². The van der Waals surface area contributed by atoms with Crippen LogP contribution in [0.1, 0.15) is 10.4 Å².